The third-order valence-corrected chi connectivity index (χ3v) is 3.95. The number of nitrogens with zero attached hydrogens (tertiary/aromatic N) is 1. The maximum atomic E-state index is 11.9. The molecule has 1 heterocycles. The van der Waals surface area contributed by atoms with Crippen molar-refractivity contribution in [3.8, 4) is 0 Å². The Morgan fingerprint density at radius 2 is 2.11 bits per heavy atom. The van der Waals surface area contributed by atoms with Crippen LogP contribution in [-0.2, 0) is 7.05 Å². The summed E-state index contributed by atoms with van der Waals surface area (Å²) in [6.07, 6.45) is 1.58. The Kier molecular flexibility index (Phi) is 3.03. The summed E-state index contributed by atoms with van der Waals surface area (Å²) < 4.78 is 1.66. The molecule has 1 saturated carbocycles. The quantitative estimate of drug-likeness (QED) is 0.881. The lowest BCUT2D eigenvalue weighted by molar-refractivity contribution is 0.0487. The minimum atomic E-state index is -0.132. The van der Waals surface area contributed by atoms with Crippen molar-refractivity contribution in [1.29, 1.82) is 0 Å². The van der Waals surface area contributed by atoms with Crippen molar-refractivity contribution in [2.75, 3.05) is 11.9 Å². The number of benzene rings is 1. The molecule has 0 amide bonds. The maximum Gasteiger partial charge on any atom is 0.252 e. The standard InChI is InChI=1S/C15H18N2O2/c1-17-14-5-3-2-4-12(14)13(8-15(17)19)16-9-10-6-11(18)7-10/h2-5,8,10-11,16,18H,6-7,9H2,1H3. The van der Waals surface area contributed by atoms with Gasteiger partial charge in [-0.05, 0) is 24.8 Å². The number of pyridine rings is 1. The van der Waals surface area contributed by atoms with Gasteiger partial charge in [-0.25, -0.2) is 0 Å². The Labute approximate surface area is 111 Å². The number of para-hydroxylation sites is 1. The Bertz CT molecular complexity index is 657. The van der Waals surface area contributed by atoms with E-state index in [1.54, 1.807) is 17.7 Å². The van der Waals surface area contributed by atoms with Crippen LogP contribution < -0.4 is 10.9 Å². The summed E-state index contributed by atoms with van der Waals surface area (Å²) in [5.74, 6) is 0.512. The van der Waals surface area contributed by atoms with Gasteiger partial charge < -0.3 is 15.0 Å². The number of nitrogens with one attached hydrogen (secondary N) is 1. The third-order valence-electron chi connectivity index (χ3n) is 3.95. The monoisotopic (exact) mass is 258 g/mol. The molecule has 100 valence electrons. The summed E-state index contributed by atoms with van der Waals surface area (Å²) in [6, 6.07) is 9.54. The highest BCUT2D eigenvalue weighted by atomic mass is 16.3. The molecule has 1 aromatic heterocycles. The van der Waals surface area contributed by atoms with Gasteiger partial charge in [-0.3, -0.25) is 4.79 Å². The lowest BCUT2D eigenvalue weighted by Crippen LogP contribution is -2.33. The molecular formula is C15H18N2O2. The summed E-state index contributed by atoms with van der Waals surface area (Å²) in [5.41, 5.74) is 1.82. The first-order valence-corrected chi connectivity index (χ1v) is 6.66. The molecule has 0 spiro atoms. The second-order valence-corrected chi connectivity index (χ2v) is 5.34. The lowest BCUT2D eigenvalue weighted by atomic mass is 9.82. The zero-order valence-corrected chi connectivity index (χ0v) is 11.0. The van der Waals surface area contributed by atoms with Gasteiger partial charge in [-0.15, -0.1) is 0 Å². The van der Waals surface area contributed by atoms with Crippen LogP contribution in [0.1, 0.15) is 12.8 Å². The average Bonchev–Trinajstić information content (AvgIpc) is 2.38. The summed E-state index contributed by atoms with van der Waals surface area (Å²) in [5, 5.41) is 13.7. The van der Waals surface area contributed by atoms with Crippen LogP contribution in [0, 0.1) is 5.92 Å². The van der Waals surface area contributed by atoms with Crippen LogP contribution in [0.4, 0.5) is 5.69 Å². The van der Waals surface area contributed by atoms with Crippen LogP contribution in [0.25, 0.3) is 10.9 Å². The van der Waals surface area contributed by atoms with E-state index >= 15 is 0 Å². The Morgan fingerprint density at radius 1 is 1.37 bits per heavy atom. The number of anilines is 1. The molecule has 2 aromatic rings. The van der Waals surface area contributed by atoms with Crippen LogP contribution in [0.15, 0.2) is 35.1 Å². The van der Waals surface area contributed by atoms with Gasteiger partial charge in [0.25, 0.3) is 5.56 Å². The largest absolute Gasteiger partial charge is 0.393 e. The van der Waals surface area contributed by atoms with Crippen molar-refractivity contribution in [2.45, 2.75) is 18.9 Å². The number of fused-ring (bicyclic) bond motifs is 1. The second kappa shape index (κ2) is 4.70. The molecule has 0 saturated heterocycles. The first kappa shape index (κ1) is 12.2. The van der Waals surface area contributed by atoms with E-state index in [9.17, 15) is 9.90 Å². The van der Waals surface area contributed by atoms with Crippen molar-refractivity contribution >= 4 is 16.6 Å². The van der Waals surface area contributed by atoms with Gasteiger partial charge in [0, 0.05) is 30.7 Å². The van der Waals surface area contributed by atoms with Gasteiger partial charge in [0.15, 0.2) is 0 Å². The predicted molar refractivity (Wildman–Crippen MR) is 76.4 cm³/mol. The van der Waals surface area contributed by atoms with E-state index in [-0.39, 0.29) is 11.7 Å². The molecule has 0 atom stereocenters. The van der Waals surface area contributed by atoms with Crippen molar-refractivity contribution in [3.05, 3.63) is 40.7 Å². The molecular weight excluding hydrogens is 240 g/mol. The molecule has 3 rings (SSSR count). The molecule has 0 radical (unpaired) electrons. The number of rotatable bonds is 3. The van der Waals surface area contributed by atoms with Crippen LogP contribution in [0.2, 0.25) is 0 Å². The van der Waals surface area contributed by atoms with Gasteiger partial charge in [0.05, 0.1) is 11.6 Å². The van der Waals surface area contributed by atoms with Gasteiger partial charge in [0.1, 0.15) is 0 Å². The number of hydrogen-bond acceptors (Lipinski definition) is 3. The van der Waals surface area contributed by atoms with Gasteiger partial charge in [-0.2, -0.15) is 0 Å². The molecule has 1 aliphatic rings. The van der Waals surface area contributed by atoms with E-state index in [1.165, 1.54) is 0 Å². The van der Waals surface area contributed by atoms with E-state index in [1.807, 2.05) is 24.3 Å². The highest BCUT2D eigenvalue weighted by Crippen LogP contribution is 2.28. The van der Waals surface area contributed by atoms with Crippen LogP contribution in [0.5, 0.6) is 0 Å². The van der Waals surface area contributed by atoms with Crippen LogP contribution in [-0.4, -0.2) is 22.3 Å². The Morgan fingerprint density at radius 3 is 2.84 bits per heavy atom. The maximum absolute atomic E-state index is 11.9. The van der Waals surface area contributed by atoms with Crippen molar-refractivity contribution in [1.82, 2.24) is 4.57 Å². The van der Waals surface area contributed by atoms with E-state index in [2.05, 4.69) is 5.32 Å². The van der Waals surface area contributed by atoms with Crippen molar-refractivity contribution < 1.29 is 5.11 Å². The molecule has 1 aromatic carbocycles. The molecule has 2 N–H and O–H groups in total. The van der Waals surface area contributed by atoms with E-state index in [0.29, 0.717) is 5.92 Å². The smallest absolute Gasteiger partial charge is 0.252 e. The number of aliphatic hydroxyl groups excluding tert-OH is 1. The van der Waals surface area contributed by atoms with Crippen molar-refractivity contribution in [2.24, 2.45) is 13.0 Å². The molecule has 0 bridgehead atoms. The highest BCUT2D eigenvalue weighted by Gasteiger charge is 2.26. The fourth-order valence-electron chi connectivity index (χ4n) is 2.68. The number of aromatic nitrogens is 1. The number of aliphatic hydroxyl groups is 1. The Balaban J connectivity index is 1.90. The Hall–Kier alpha value is -1.81. The van der Waals surface area contributed by atoms with E-state index < -0.39 is 0 Å². The first-order chi connectivity index (χ1) is 9.15. The van der Waals surface area contributed by atoms with Gasteiger partial charge in [0.2, 0.25) is 0 Å². The average molecular weight is 258 g/mol. The topological polar surface area (TPSA) is 54.3 Å². The molecule has 19 heavy (non-hydrogen) atoms. The zero-order valence-electron chi connectivity index (χ0n) is 11.0. The van der Waals surface area contributed by atoms with Crippen LogP contribution >= 0.6 is 0 Å². The predicted octanol–water partition coefficient (Wildman–Crippen LogP) is 1.72. The van der Waals surface area contributed by atoms with Gasteiger partial charge >= 0.3 is 0 Å². The molecule has 1 aliphatic carbocycles. The lowest BCUT2D eigenvalue weighted by Gasteiger charge is -2.31. The van der Waals surface area contributed by atoms with Crippen LogP contribution in [0.3, 0.4) is 0 Å². The summed E-state index contributed by atoms with van der Waals surface area (Å²) in [4.78, 5) is 11.9. The van der Waals surface area contributed by atoms with E-state index in [4.69, 9.17) is 0 Å². The summed E-state index contributed by atoms with van der Waals surface area (Å²) in [7, 11) is 1.79. The molecule has 4 heteroatoms. The van der Waals surface area contributed by atoms with E-state index in [0.717, 1.165) is 36.0 Å². The zero-order chi connectivity index (χ0) is 13.4. The SMILES string of the molecule is Cn1c(=O)cc(NCC2CC(O)C2)c2ccccc21. The molecule has 1 fully saturated rings. The highest BCUT2D eigenvalue weighted by molar-refractivity contribution is 5.91. The second-order valence-electron chi connectivity index (χ2n) is 5.34. The number of aryl methyl sites for hydroxylation is 1. The minimum absolute atomic E-state index is 0.00477. The molecule has 4 nitrogen and oxygen atoms in total. The normalized spacial score (nSPS) is 22.2. The number of hydrogen-bond donors (Lipinski definition) is 2. The first-order valence-electron chi connectivity index (χ1n) is 6.66. The summed E-state index contributed by atoms with van der Waals surface area (Å²) in [6.45, 7) is 0.814. The fraction of sp³-hybridized carbons (Fsp3) is 0.400. The third kappa shape index (κ3) is 2.24. The fourth-order valence-corrected chi connectivity index (χ4v) is 2.68. The summed E-state index contributed by atoms with van der Waals surface area (Å²) >= 11 is 0. The molecule has 0 unspecified atom stereocenters. The van der Waals surface area contributed by atoms with Gasteiger partial charge in [-0.1, -0.05) is 18.2 Å². The van der Waals surface area contributed by atoms with Crippen molar-refractivity contribution in [3.63, 3.8) is 0 Å². The minimum Gasteiger partial charge on any atom is -0.393 e. The molecule has 0 aliphatic heterocycles.